The van der Waals surface area contributed by atoms with Gasteiger partial charge in [0.15, 0.2) is 0 Å². The van der Waals surface area contributed by atoms with Crippen molar-refractivity contribution in [1.29, 1.82) is 0 Å². The van der Waals surface area contributed by atoms with Crippen LogP contribution < -0.4 is 15.8 Å². The average Bonchev–Trinajstić information content (AvgIpc) is 2.63. The van der Waals surface area contributed by atoms with Crippen LogP contribution in [0, 0.1) is 0 Å². The van der Waals surface area contributed by atoms with Crippen molar-refractivity contribution in [1.82, 2.24) is 15.1 Å². The van der Waals surface area contributed by atoms with Crippen LogP contribution in [-0.2, 0) is 9.53 Å². The van der Waals surface area contributed by atoms with Gasteiger partial charge in [-0.15, -0.1) is 0 Å². The Labute approximate surface area is 149 Å². The van der Waals surface area contributed by atoms with Crippen LogP contribution in [0.4, 0.5) is 5.69 Å². The molecule has 9 heteroatoms. The summed E-state index contributed by atoms with van der Waals surface area (Å²) in [7, 11) is 4.44. The number of methoxy groups -OCH3 is 1. The standard InChI is InChI=1S/C16H17ClN4O4/c1-18-13(22)9-20(2)12-8-19-21(15(23)14(12)17)11-6-4-10(5-7-11)16(24)25-3/h4-8H,9H2,1-3H3,(H,18,22). The first-order valence-electron chi connectivity index (χ1n) is 7.27. The zero-order valence-corrected chi connectivity index (χ0v) is 14.7. The fourth-order valence-electron chi connectivity index (χ4n) is 2.11. The number of esters is 1. The van der Waals surface area contributed by atoms with E-state index in [1.165, 1.54) is 37.4 Å². The van der Waals surface area contributed by atoms with Gasteiger partial charge < -0.3 is 15.0 Å². The lowest BCUT2D eigenvalue weighted by Gasteiger charge is -2.19. The van der Waals surface area contributed by atoms with E-state index in [1.807, 2.05) is 0 Å². The third-order valence-electron chi connectivity index (χ3n) is 3.50. The molecule has 1 heterocycles. The van der Waals surface area contributed by atoms with Gasteiger partial charge in [-0.05, 0) is 24.3 Å². The normalized spacial score (nSPS) is 10.2. The minimum Gasteiger partial charge on any atom is -0.465 e. The van der Waals surface area contributed by atoms with E-state index < -0.39 is 11.5 Å². The number of halogens is 1. The Balaban J connectivity index is 2.35. The number of aromatic nitrogens is 2. The quantitative estimate of drug-likeness (QED) is 0.791. The Morgan fingerprint density at radius 2 is 1.96 bits per heavy atom. The summed E-state index contributed by atoms with van der Waals surface area (Å²) in [5.41, 5.74) is 0.610. The highest BCUT2D eigenvalue weighted by molar-refractivity contribution is 6.33. The van der Waals surface area contributed by atoms with Crippen molar-refractivity contribution in [2.75, 3.05) is 32.6 Å². The Hall–Kier alpha value is -2.87. The second-order valence-corrected chi connectivity index (χ2v) is 5.51. The molecule has 0 aliphatic carbocycles. The van der Waals surface area contributed by atoms with Crippen molar-refractivity contribution in [3.8, 4) is 5.69 Å². The molecule has 1 amide bonds. The summed E-state index contributed by atoms with van der Waals surface area (Å²) in [4.78, 5) is 36.9. The number of hydrogen-bond acceptors (Lipinski definition) is 6. The predicted molar refractivity (Wildman–Crippen MR) is 93.5 cm³/mol. The van der Waals surface area contributed by atoms with Crippen molar-refractivity contribution in [2.24, 2.45) is 0 Å². The molecule has 0 fully saturated rings. The van der Waals surface area contributed by atoms with E-state index in [4.69, 9.17) is 11.6 Å². The maximum absolute atomic E-state index is 12.5. The maximum atomic E-state index is 12.5. The number of nitrogens with zero attached hydrogens (tertiary/aromatic N) is 3. The predicted octanol–water partition coefficient (Wildman–Crippen LogP) is 0.855. The Bertz CT molecular complexity index is 848. The van der Waals surface area contributed by atoms with Crippen LogP contribution >= 0.6 is 11.6 Å². The highest BCUT2D eigenvalue weighted by Gasteiger charge is 2.16. The first-order chi connectivity index (χ1) is 11.9. The minimum absolute atomic E-state index is 0.0369. The highest BCUT2D eigenvalue weighted by Crippen LogP contribution is 2.20. The van der Waals surface area contributed by atoms with Gasteiger partial charge in [0.2, 0.25) is 5.91 Å². The van der Waals surface area contributed by atoms with Gasteiger partial charge in [-0.3, -0.25) is 9.59 Å². The first kappa shape index (κ1) is 18.5. The molecule has 0 saturated heterocycles. The van der Waals surface area contributed by atoms with Gasteiger partial charge in [-0.2, -0.15) is 9.78 Å². The van der Waals surface area contributed by atoms with E-state index in [0.717, 1.165) is 4.68 Å². The van der Waals surface area contributed by atoms with Crippen LogP contribution in [0.3, 0.4) is 0 Å². The molecule has 0 unspecified atom stereocenters. The summed E-state index contributed by atoms with van der Waals surface area (Å²) in [6.45, 7) is 0.0369. The monoisotopic (exact) mass is 364 g/mol. The topological polar surface area (TPSA) is 93.5 Å². The van der Waals surface area contributed by atoms with Crippen molar-refractivity contribution in [3.05, 3.63) is 51.4 Å². The van der Waals surface area contributed by atoms with Gasteiger partial charge in [0.25, 0.3) is 5.56 Å². The lowest BCUT2D eigenvalue weighted by atomic mass is 10.2. The van der Waals surface area contributed by atoms with Gasteiger partial charge in [0.05, 0.1) is 36.8 Å². The van der Waals surface area contributed by atoms with Crippen molar-refractivity contribution in [2.45, 2.75) is 0 Å². The second kappa shape index (κ2) is 7.80. The molecule has 0 spiro atoms. The Morgan fingerprint density at radius 1 is 1.32 bits per heavy atom. The molecule has 132 valence electrons. The summed E-state index contributed by atoms with van der Waals surface area (Å²) in [5.74, 6) is -0.697. The van der Waals surface area contributed by atoms with Gasteiger partial charge >= 0.3 is 5.97 Å². The largest absolute Gasteiger partial charge is 0.465 e. The molecule has 2 aromatic rings. The van der Waals surface area contributed by atoms with Crippen molar-refractivity contribution >= 4 is 29.2 Å². The summed E-state index contributed by atoms with van der Waals surface area (Å²) >= 11 is 6.15. The van der Waals surface area contributed by atoms with Crippen molar-refractivity contribution < 1.29 is 14.3 Å². The molecular formula is C16H17ClN4O4. The number of ether oxygens (including phenoxy) is 1. The molecule has 0 atom stereocenters. The number of rotatable bonds is 5. The molecular weight excluding hydrogens is 348 g/mol. The summed E-state index contributed by atoms with van der Waals surface area (Å²) in [5, 5.41) is 6.52. The highest BCUT2D eigenvalue weighted by atomic mass is 35.5. The van der Waals surface area contributed by atoms with E-state index in [-0.39, 0.29) is 17.5 Å². The number of carbonyl (C=O) groups is 2. The number of hydrogen-bond donors (Lipinski definition) is 1. The zero-order chi connectivity index (χ0) is 18.6. The van der Waals surface area contributed by atoms with Crippen LogP contribution in [0.2, 0.25) is 5.02 Å². The third kappa shape index (κ3) is 3.97. The minimum atomic E-state index is -0.534. The van der Waals surface area contributed by atoms with Gasteiger partial charge in [0.1, 0.15) is 5.02 Å². The Kier molecular flexibility index (Phi) is 5.76. The third-order valence-corrected chi connectivity index (χ3v) is 3.86. The van der Waals surface area contributed by atoms with Crippen LogP contribution in [0.15, 0.2) is 35.3 Å². The first-order valence-corrected chi connectivity index (χ1v) is 7.65. The van der Waals surface area contributed by atoms with Crippen molar-refractivity contribution in [3.63, 3.8) is 0 Å². The lowest BCUT2D eigenvalue weighted by molar-refractivity contribution is -0.119. The number of nitrogens with one attached hydrogen (secondary N) is 1. The van der Waals surface area contributed by atoms with E-state index in [0.29, 0.717) is 16.9 Å². The molecule has 0 saturated carbocycles. The van der Waals surface area contributed by atoms with Crippen LogP contribution in [0.5, 0.6) is 0 Å². The molecule has 0 aliphatic heterocycles. The van der Waals surface area contributed by atoms with E-state index >= 15 is 0 Å². The van der Waals surface area contributed by atoms with E-state index in [9.17, 15) is 14.4 Å². The van der Waals surface area contributed by atoms with Crippen LogP contribution in [0.25, 0.3) is 5.69 Å². The molecule has 1 N–H and O–H groups in total. The molecule has 0 radical (unpaired) electrons. The van der Waals surface area contributed by atoms with Crippen LogP contribution in [-0.4, -0.2) is 49.4 Å². The lowest BCUT2D eigenvalue weighted by Crippen LogP contribution is -2.34. The molecule has 1 aromatic heterocycles. The molecule has 1 aromatic carbocycles. The summed E-state index contributed by atoms with van der Waals surface area (Å²) < 4.78 is 5.74. The summed E-state index contributed by atoms with van der Waals surface area (Å²) in [6, 6.07) is 6.17. The number of likely N-dealkylation sites (N-methyl/N-ethyl adjacent to an activating group) is 2. The van der Waals surface area contributed by atoms with Crippen LogP contribution in [0.1, 0.15) is 10.4 Å². The smallest absolute Gasteiger partial charge is 0.337 e. The molecule has 8 nitrogen and oxygen atoms in total. The zero-order valence-electron chi connectivity index (χ0n) is 13.9. The molecule has 0 bridgehead atoms. The molecule has 25 heavy (non-hydrogen) atoms. The summed E-state index contributed by atoms with van der Waals surface area (Å²) in [6.07, 6.45) is 1.40. The van der Waals surface area contributed by atoms with Gasteiger partial charge in [-0.1, -0.05) is 11.6 Å². The second-order valence-electron chi connectivity index (χ2n) is 5.13. The Morgan fingerprint density at radius 3 is 2.52 bits per heavy atom. The van der Waals surface area contributed by atoms with Gasteiger partial charge in [-0.25, -0.2) is 4.79 Å². The van der Waals surface area contributed by atoms with E-state index in [1.54, 1.807) is 19.2 Å². The molecule has 2 rings (SSSR count). The number of carbonyl (C=O) groups excluding carboxylic acids is 2. The molecule has 0 aliphatic rings. The van der Waals surface area contributed by atoms with E-state index in [2.05, 4.69) is 15.2 Å². The fourth-order valence-corrected chi connectivity index (χ4v) is 2.38. The fraction of sp³-hybridized carbons (Fsp3) is 0.250. The maximum Gasteiger partial charge on any atom is 0.337 e. The number of anilines is 1. The number of benzene rings is 1. The average molecular weight is 365 g/mol. The van der Waals surface area contributed by atoms with Gasteiger partial charge in [0, 0.05) is 14.1 Å². The SMILES string of the molecule is CNC(=O)CN(C)c1cnn(-c2ccc(C(=O)OC)cc2)c(=O)c1Cl. The number of amides is 1.